The molecule has 0 atom stereocenters. The van der Waals surface area contributed by atoms with Crippen LogP contribution in [0.5, 0.6) is 0 Å². The Kier molecular flexibility index (Phi) is 2.87. The van der Waals surface area contributed by atoms with Gasteiger partial charge in [-0.05, 0) is 25.8 Å². The van der Waals surface area contributed by atoms with E-state index in [-0.39, 0.29) is 0 Å². The largest absolute Gasteiger partial charge is 0.308 e. The maximum atomic E-state index is 4.32. The second-order valence-corrected chi connectivity index (χ2v) is 4.96. The normalized spacial score (nSPS) is 15.2. The van der Waals surface area contributed by atoms with E-state index in [1.807, 2.05) is 29.5 Å². The van der Waals surface area contributed by atoms with E-state index < -0.39 is 0 Å². The molecule has 0 spiro atoms. The molecule has 0 bridgehead atoms. The highest BCUT2D eigenvalue weighted by atomic mass is 15.4. The number of rotatable bonds is 5. The second-order valence-electron chi connectivity index (χ2n) is 4.96. The van der Waals surface area contributed by atoms with Gasteiger partial charge in [-0.3, -0.25) is 4.68 Å². The van der Waals surface area contributed by atoms with Crippen LogP contribution < -0.4 is 5.32 Å². The summed E-state index contributed by atoms with van der Waals surface area (Å²) in [6.45, 7) is 3.53. The van der Waals surface area contributed by atoms with Gasteiger partial charge in [0.2, 0.25) is 0 Å². The highest BCUT2D eigenvalue weighted by Crippen LogP contribution is 2.18. The van der Waals surface area contributed by atoms with Crippen molar-refractivity contribution in [2.45, 2.75) is 38.9 Å². The fraction of sp³-hybridized carbons (Fsp3) is 0.583. The van der Waals surface area contributed by atoms with Gasteiger partial charge in [0.05, 0.1) is 29.8 Å². The third kappa shape index (κ3) is 2.59. The maximum Gasteiger partial charge on any atom is 0.0965 e. The van der Waals surface area contributed by atoms with E-state index in [9.17, 15) is 0 Å². The number of aryl methyl sites for hydroxylation is 2. The molecule has 0 aromatic carbocycles. The molecule has 1 aliphatic rings. The highest BCUT2D eigenvalue weighted by molar-refractivity contribution is 5.09. The van der Waals surface area contributed by atoms with Crippen molar-refractivity contribution in [3.8, 4) is 0 Å². The summed E-state index contributed by atoms with van der Waals surface area (Å²) in [5, 5.41) is 16.1. The third-order valence-corrected chi connectivity index (χ3v) is 3.16. The number of hydrogen-bond donors (Lipinski definition) is 1. The minimum atomic E-state index is 0.704. The Morgan fingerprint density at radius 1 is 1.44 bits per heavy atom. The standard InChI is InChI=1S/C12H18N6/c1-9-5-12(17(2)15-9)8-18-7-11(14-16-18)6-13-10-3-4-10/h5,7,10,13H,3-4,6,8H2,1-2H3. The van der Waals surface area contributed by atoms with Gasteiger partial charge in [0.15, 0.2) is 0 Å². The molecule has 0 radical (unpaired) electrons. The lowest BCUT2D eigenvalue weighted by Gasteiger charge is -2.00. The van der Waals surface area contributed by atoms with Crippen molar-refractivity contribution in [2.75, 3.05) is 0 Å². The van der Waals surface area contributed by atoms with Crippen LogP contribution in [0.15, 0.2) is 12.3 Å². The maximum absolute atomic E-state index is 4.32. The summed E-state index contributed by atoms with van der Waals surface area (Å²) in [4.78, 5) is 0. The first-order chi connectivity index (χ1) is 8.70. The van der Waals surface area contributed by atoms with Crippen LogP contribution in [0.1, 0.15) is 29.9 Å². The van der Waals surface area contributed by atoms with Gasteiger partial charge in [0, 0.05) is 19.6 Å². The first-order valence-electron chi connectivity index (χ1n) is 6.32. The molecule has 1 fully saturated rings. The molecule has 1 aliphatic carbocycles. The molecule has 0 unspecified atom stereocenters. The molecule has 2 aromatic heterocycles. The molecule has 3 rings (SSSR count). The van der Waals surface area contributed by atoms with Gasteiger partial charge in [-0.2, -0.15) is 5.10 Å². The van der Waals surface area contributed by atoms with Crippen molar-refractivity contribution in [3.63, 3.8) is 0 Å². The SMILES string of the molecule is Cc1cc(Cn2cc(CNC3CC3)nn2)n(C)n1. The predicted octanol–water partition coefficient (Wildman–Crippen LogP) is 0.620. The summed E-state index contributed by atoms with van der Waals surface area (Å²) < 4.78 is 3.75. The zero-order valence-corrected chi connectivity index (χ0v) is 10.8. The molecule has 6 heteroatoms. The molecular weight excluding hydrogens is 228 g/mol. The molecule has 0 saturated heterocycles. The Labute approximate surface area is 106 Å². The van der Waals surface area contributed by atoms with Crippen LogP contribution in [0.4, 0.5) is 0 Å². The van der Waals surface area contributed by atoms with Crippen molar-refractivity contribution < 1.29 is 0 Å². The summed E-state index contributed by atoms with van der Waals surface area (Å²) in [7, 11) is 1.95. The van der Waals surface area contributed by atoms with Crippen molar-refractivity contribution in [1.29, 1.82) is 0 Å². The molecule has 96 valence electrons. The van der Waals surface area contributed by atoms with Gasteiger partial charge in [-0.15, -0.1) is 5.10 Å². The van der Waals surface area contributed by atoms with E-state index >= 15 is 0 Å². The molecule has 6 nitrogen and oxygen atoms in total. The van der Waals surface area contributed by atoms with Gasteiger partial charge in [-0.1, -0.05) is 5.21 Å². The summed E-state index contributed by atoms with van der Waals surface area (Å²) in [5.41, 5.74) is 3.17. The fourth-order valence-corrected chi connectivity index (χ4v) is 2.01. The van der Waals surface area contributed by atoms with Gasteiger partial charge in [0.1, 0.15) is 0 Å². The van der Waals surface area contributed by atoms with Crippen LogP contribution in [-0.4, -0.2) is 30.8 Å². The molecule has 1 saturated carbocycles. The van der Waals surface area contributed by atoms with Gasteiger partial charge in [0.25, 0.3) is 0 Å². The summed E-state index contributed by atoms with van der Waals surface area (Å²) in [6.07, 6.45) is 4.59. The Hall–Kier alpha value is -1.69. The molecule has 0 aliphatic heterocycles. The van der Waals surface area contributed by atoms with Crippen LogP contribution in [0, 0.1) is 6.92 Å². The Balaban J connectivity index is 1.63. The number of hydrogen-bond acceptors (Lipinski definition) is 4. The van der Waals surface area contributed by atoms with Crippen molar-refractivity contribution in [2.24, 2.45) is 7.05 Å². The number of nitrogens with one attached hydrogen (secondary N) is 1. The number of nitrogens with zero attached hydrogens (tertiary/aromatic N) is 5. The van der Waals surface area contributed by atoms with Gasteiger partial charge < -0.3 is 5.32 Å². The Bertz CT molecular complexity index is 537. The zero-order valence-electron chi connectivity index (χ0n) is 10.8. The molecule has 1 N–H and O–H groups in total. The summed E-state index contributed by atoms with van der Waals surface area (Å²) >= 11 is 0. The number of aromatic nitrogens is 5. The van der Waals surface area contributed by atoms with Crippen LogP contribution in [0.3, 0.4) is 0 Å². The first kappa shape index (κ1) is 11.4. The molecule has 18 heavy (non-hydrogen) atoms. The topological polar surface area (TPSA) is 60.6 Å². The molecular formula is C12H18N6. The average molecular weight is 246 g/mol. The lowest BCUT2D eigenvalue weighted by Crippen LogP contribution is -2.15. The van der Waals surface area contributed by atoms with E-state index in [0.29, 0.717) is 12.6 Å². The van der Waals surface area contributed by atoms with Crippen LogP contribution in [0.25, 0.3) is 0 Å². The minimum Gasteiger partial charge on any atom is -0.308 e. The molecule has 2 aromatic rings. The first-order valence-corrected chi connectivity index (χ1v) is 6.32. The molecule has 0 amide bonds. The predicted molar refractivity (Wildman–Crippen MR) is 66.9 cm³/mol. The van der Waals surface area contributed by atoms with Gasteiger partial charge >= 0.3 is 0 Å². The monoisotopic (exact) mass is 246 g/mol. The fourth-order valence-electron chi connectivity index (χ4n) is 2.01. The van der Waals surface area contributed by atoms with Crippen molar-refractivity contribution in [3.05, 3.63) is 29.3 Å². The third-order valence-electron chi connectivity index (χ3n) is 3.16. The summed E-state index contributed by atoms with van der Waals surface area (Å²) in [6, 6.07) is 2.78. The van der Waals surface area contributed by atoms with Crippen molar-refractivity contribution in [1.82, 2.24) is 30.1 Å². The van der Waals surface area contributed by atoms with E-state index in [1.165, 1.54) is 12.8 Å². The quantitative estimate of drug-likeness (QED) is 0.840. The van der Waals surface area contributed by atoms with Crippen molar-refractivity contribution >= 4 is 0 Å². The van der Waals surface area contributed by atoms with E-state index in [4.69, 9.17) is 0 Å². The lowest BCUT2D eigenvalue weighted by molar-refractivity contribution is 0.599. The smallest absolute Gasteiger partial charge is 0.0965 e. The van der Waals surface area contributed by atoms with E-state index in [1.54, 1.807) is 0 Å². The Morgan fingerprint density at radius 3 is 2.94 bits per heavy atom. The average Bonchev–Trinajstić information content (AvgIpc) is 2.97. The Morgan fingerprint density at radius 2 is 2.28 bits per heavy atom. The van der Waals surface area contributed by atoms with Gasteiger partial charge in [-0.25, -0.2) is 4.68 Å². The van der Waals surface area contributed by atoms with Crippen LogP contribution in [0.2, 0.25) is 0 Å². The van der Waals surface area contributed by atoms with E-state index in [0.717, 1.165) is 23.6 Å². The van der Waals surface area contributed by atoms with E-state index in [2.05, 4.69) is 26.8 Å². The summed E-state index contributed by atoms with van der Waals surface area (Å²) in [5.74, 6) is 0. The molecule has 2 heterocycles. The zero-order chi connectivity index (χ0) is 12.5. The van der Waals surface area contributed by atoms with Crippen LogP contribution in [-0.2, 0) is 20.1 Å². The minimum absolute atomic E-state index is 0.704. The second kappa shape index (κ2) is 4.53. The lowest BCUT2D eigenvalue weighted by atomic mass is 10.3. The van der Waals surface area contributed by atoms with Crippen LogP contribution >= 0.6 is 0 Å². The highest BCUT2D eigenvalue weighted by Gasteiger charge is 2.20.